The lowest BCUT2D eigenvalue weighted by Gasteiger charge is -2.26. The highest BCUT2D eigenvalue weighted by Crippen LogP contribution is 2.24. The third kappa shape index (κ3) is 4.76. The summed E-state index contributed by atoms with van der Waals surface area (Å²) in [5.41, 5.74) is 1.59. The summed E-state index contributed by atoms with van der Waals surface area (Å²) in [6.45, 7) is 0.270. The Labute approximate surface area is 191 Å². The van der Waals surface area contributed by atoms with Crippen molar-refractivity contribution in [1.82, 2.24) is 5.32 Å². The van der Waals surface area contributed by atoms with Crippen molar-refractivity contribution in [1.29, 1.82) is 0 Å². The van der Waals surface area contributed by atoms with Gasteiger partial charge in [-0.15, -0.1) is 0 Å². The van der Waals surface area contributed by atoms with Gasteiger partial charge in [-0.25, -0.2) is 14.1 Å². The Balaban J connectivity index is 1.50. The van der Waals surface area contributed by atoms with Crippen LogP contribution in [0.4, 0.5) is 14.9 Å². The molecule has 0 aliphatic carbocycles. The number of urea groups is 1. The first-order valence-corrected chi connectivity index (χ1v) is 10.3. The highest BCUT2D eigenvalue weighted by molar-refractivity contribution is 9.10. The van der Waals surface area contributed by atoms with Gasteiger partial charge < -0.3 is 4.74 Å². The smallest absolute Gasteiger partial charge is 0.335 e. The monoisotopic (exact) mass is 494 g/mol. The fourth-order valence-electron chi connectivity index (χ4n) is 3.06. The lowest BCUT2D eigenvalue weighted by Crippen LogP contribution is -2.54. The predicted octanol–water partition coefficient (Wildman–Crippen LogP) is 4.83. The molecule has 1 fully saturated rings. The normalized spacial score (nSPS) is 15.1. The predicted molar refractivity (Wildman–Crippen MR) is 120 cm³/mol. The van der Waals surface area contributed by atoms with Gasteiger partial charge in [-0.2, -0.15) is 0 Å². The number of benzene rings is 3. The molecule has 1 aliphatic rings. The summed E-state index contributed by atoms with van der Waals surface area (Å²) in [5.74, 6) is -1.21. The second-order valence-electron chi connectivity index (χ2n) is 6.92. The third-order valence-corrected chi connectivity index (χ3v) is 5.23. The van der Waals surface area contributed by atoms with Crippen molar-refractivity contribution in [3.05, 3.63) is 99.8 Å². The number of halogens is 2. The van der Waals surface area contributed by atoms with E-state index in [9.17, 15) is 18.8 Å². The maximum Gasteiger partial charge on any atom is 0.335 e. The second-order valence-corrected chi connectivity index (χ2v) is 7.83. The molecule has 1 aliphatic heterocycles. The number of hydrogen-bond donors (Lipinski definition) is 1. The zero-order valence-electron chi connectivity index (χ0n) is 16.5. The fraction of sp³-hybridized carbons (Fsp3) is 0.0417. The van der Waals surface area contributed by atoms with Gasteiger partial charge in [0.2, 0.25) is 0 Å². The summed E-state index contributed by atoms with van der Waals surface area (Å²) in [5, 5.41) is 2.19. The molecule has 160 valence electrons. The van der Waals surface area contributed by atoms with E-state index < -0.39 is 17.8 Å². The molecule has 0 saturated carbocycles. The Morgan fingerprint density at radius 1 is 0.906 bits per heavy atom. The topological polar surface area (TPSA) is 75.7 Å². The molecular weight excluding hydrogens is 479 g/mol. The van der Waals surface area contributed by atoms with Crippen LogP contribution >= 0.6 is 15.9 Å². The van der Waals surface area contributed by atoms with Crippen LogP contribution in [0, 0.1) is 5.82 Å². The summed E-state index contributed by atoms with van der Waals surface area (Å²) < 4.78 is 19.4. The van der Waals surface area contributed by atoms with Gasteiger partial charge in [0.25, 0.3) is 11.8 Å². The van der Waals surface area contributed by atoms with Crippen molar-refractivity contribution < 1.29 is 23.5 Å². The quantitative estimate of drug-likeness (QED) is 0.407. The molecule has 0 unspecified atom stereocenters. The van der Waals surface area contributed by atoms with Crippen LogP contribution in [-0.4, -0.2) is 17.8 Å². The molecule has 0 bridgehead atoms. The number of nitrogens with zero attached hydrogens (tertiary/aromatic N) is 1. The summed E-state index contributed by atoms with van der Waals surface area (Å²) >= 11 is 3.30. The first kappa shape index (κ1) is 21.5. The zero-order valence-corrected chi connectivity index (χ0v) is 18.1. The SMILES string of the molecule is O=C1NC(=O)N(c2ccc(Br)cc2)C(=O)/C1=C\c1ccc(OCc2ccc(F)cc2)cc1. The third-order valence-electron chi connectivity index (χ3n) is 4.70. The summed E-state index contributed by atoms with van der Waals surface area (Å²) in [4.78, 5) is 38.4. The van der Waals surface area contributed by atoms with Gasteiger partial charge in [-0.3, -0.25) is 14.9 Å². The largest absolute Gasteiger partial charge is 0.489 e. The summed E-state index contributed by atoms with van der Waals surface area (Å²) in [6, 6.07) is 18.6. The lowest BCUT2D eigenvalue weighted by atomic mass is 10.1. The van der Waals surface area contributed by atoms with Crippen molar-refractivity contribution >= 4 is 45.5 Å². The number of amides is 4. The number of carbonyl (C=O) groups excluding carboxylic acids is 3. The van der Waals surface area contributed by atoms with Crippen LogP contribution in [0.2, 0.25) is 0 Å². The van der Waals surface area contributed by atoms with Gasteiger partial charge in [-0.1, -0.05) is 40.2 Å². The van der Waals surface area contributed by atoms with E-state index in [2.05, 4.69) is 21.2 Å². The van der Waals surface area contributed by atoms with Crippen molar-refractivity contribution in [2.75, 3.05) is 4.90 Å². The van der Waals surface area contributed by atoms with E-state index in [0.29, 0.717) is 17.0 Å². The van der Waals surface area contributed by atoms with E-state index in [1.165, 1.54) is 18.2 Å². The lowest BCUT2D eigenvalue weighted by molar-refractivity contribution is -0.122. The van der Waals surface area contributed by atoms with Gasteiger partial charge in [0.15, 0.2) is 0 Å². The molecule has 0 atom stereocenters. The molecule has 32 heavy (non-hydrogen) atoms. The first-order valence-electron chi connectivity index (χ1n) is 9.55. The number of rotatable bonds is 5. The van der Waals surface area contributed by atoms with Gasteiger partial charge in [0.1, 0.15) is 23.7 Å². The molecule has 1 heterocycles. The maximum absolute atomic E-state index is 13.0. The first-order chi connectivity index (χ1) is 15.4. The minimum atomic E-state index is -0.802. The highest BCUT2D eigenvalue weighted by atomic mass is 79.9. The van der Waals surface area contributed by atoms with E-state index in [1.54, 1.807) is 60.7 Å². The van der Waals surface area contributed by atoms with E-state index >= 15 is 0 Å². The van der Waals surface area contributed by atoms with E-state index in [1.807, 2.05) is 0 Å². The molecule has 1 saturated heterocycles. The average Bonchev–Trinajstić information content (AvgIpc) is 2.78. The van der Waals surface area contributed by atoms with Crippen LogP contribution in [0.25, 0.3) is 6.08 Å². The molecule has 0 radical (unpaired) electrons. The number of carbonyl (C=O) groups is 3. The average molecular weight is 495 g/mol. The fourth-order valence-corrected chi connectivity index (χ4v) is 3.32. The molecule has 8 heteroatoms. The van der Waals surface area contributed by atoms with Crippen LogP contribution in [0.5, 0.6) is 5.75 Å². The summed E-state index contributed by atoms with van der Waals surface area (Å²) in [6.07, 6.45) is 1.42. The number of hydrogen-bond acceptors (Lipinski definition) is 4. The minimum Gasteiger partial charge on any atom is -0.489 e. The molecular formula is C24H16BrFN2O4. The maximum atomic E-state index is 13.0. The molecule has 4 rings (SSSR count). The standard InChI is InChI=1S/C24H16BrFN2O4/c25-17-5-9-19(10-6-17)28-23(30)21(22(29)27-24(28)31)13-15-3-11-20(12-4-15)32-14-16-1-7-18(26)8-2-16/h1-13H,14H2,(H,27,29,31)/b21-13-. The van der Waals surface area contributed by atoms with Gasteiger partial charge >= 0.3 is 6.03 Å². The second kappa shape index (κ2) is 9.15. The van der Waals surface area contributed by atoms with Crippen LogP contribution in [0.3, 0.4) is 0 Å². The molecule has 0 aromatic heterocycles. The number of imide groups is 2. The Bertz CT molecular complexity index is 1210. The summed E-state index contributed by atoms with van der Waals surface area (Å²) in [7, 11) is 0. The van der Waals surface area contributed by atoms with Crippen molar-refractivity contribution in [2.45, 2.75) is 6.61 Å². The molecule has 3 aromatic rings. The van der Waals surface area contributed by atoms with Gasteiger partial charge in [-0.05, 0) is 65.7 Å². The van der Waals surface area contributed by atoms with Crippen LogP contribution < -0.4 is 15.0 Å². The van der Waals surface area contributed by atoms with E-state index in [0.717, 1.165) is 14.9 Å². The van der Waals surface area contributed by atoms with E-state index in [4.69, 9.17) is 4.74 Å². The van der Waals surface area contributed by atoms with E-state index in [-0.39, 0.29) is 18.0 Å². The Morgan fingerprint density at radius 2 is 1.56 bits per heavy atom. The van der Waals surface area contributed by atoms with Crippen LogP contribution in [-0.2, 0) is 16.2 Å². The Kier molecular flexibility index (Phi) is 6.13. The number of ether oxygens (including phenoxy) is 1. The van der Waals surface area contributed by atoms with Crippen molar-refractivity contribution in [3.8, 4) is 5.75 Å². The Hall–Kier alpha value is -3.78. The van der Waals surface area contributed by atoms with Crippen molar-refractivity contribution in [2.24, 2.45) is 0 Å². The number of anilines is 1. The highest BCUT2D eigenvalue weighted by Gasteiger charge is 2.36. The molecule has 1 N–H and O–H groups in total. The van der Waals surface area contributed by atoms with Crippen molar-refractivity contribution in [3.63, 3.8) is 0 Å². The van der Waals surface area contributed by atoms with Gasteiger partial charge in [0.05, 0.1) is 5.69 Å². The van der Waals surface area contributed by atoms with Crippen LogP contribution in [0.15, 0.2) is 82.8 Å². The molecule has 6 nitrogen and oxygen atoms in total. The Morgan fingerprint density at radius 3 is 2.22 bits per heavy atom. The number of nitrogens with one attached hydrogen (secondary N) is 1. The van der Waals surface area contributed by atoms with Gasteiger partial charge in [0, 0.05) is 4.47 Å². The molecule has 0 spiro atoms. The minimum absolute atomic E-state index is 0.160. The molecule has 4 amide bonds. The number of barbiturate groups is 1. The zero-order chi connectivity index (χ0) is 22.7. The van der Waals surface area contributed by atoms with Crippen LogP contribution in [0.1, 0.15) is 11.1 Å². The molecule has 3 aromatic carbocycles.